The first-order chi connectivity index (χ1) is 14.9. The van der Waals surface area contributed by atoms with Gasteiger partial charge >= 0.3 is 0 Å². The molecule has 1 heterocycles. The average Bonchev–Trinajstić information content (AvgIpc) is 3.21. The molecule has 8 heteroatoms. The quantitative estimate of drug-likeness (QED) is 0.532. The van der Waals surface area contributed by atoms with E-state index in [2.05, 4.69) is 10.3 Å². The normalized spacial score (nSPS) is 11.5. The van der Waals surface area contributed by atoms with E-state index in [4.69, 9.17) is 14.2 Å². The number of methoxy groups -OCH3 is 2. The summed E-state index contributed by atoms with van der Waals surface area (Å²) in [5, 5.41) is 2.97. The van der Waals surface area contributed by atoms with Gasteiger partial charge in [-0.1, -0.05) is 18.2 Å². The van der Waals surface area contributed by atoms with E-state index in [0.29, 0.717) is 28.6 Å². The SMILES string of the molecule is COc1cc(C(C)=O)ccc1OCC(=O)NC(c1ccccc1OC)c1nccn1C. The Morgan fingerprint density at radius 2 is 1.81 bits per heavy atom. The highest BCUT2D eigenvalue weighted by atomic mass is 16.5. The van der Waals surface area contributed by atoms with Gasteiger partial charge in [0.15, 0.2) is 23.9 Å². The number of aryl methyl sites for hydroxylation is 1. The highest BCUT2D eigenvalue weighted by Crippen LogP contribution is 2.30. The second-order valence-corrected chi connectivity index (χ2v) is 6.85. The predicted octanol–water partition coefficient (Wildman–Crippen LogP) is 2.92. The number of imidazole rings is 1. The Hall–Kier alpha value is -3.81. The number of ketones is 1. The molecule has 0 radical (unpaired) electrons. The summed E-state index contributed by atoms with van der Waals surface area (Å²) in [6.07, 6.45) is 3.48. The molecule has 1 unspecified atom stereocenters. The third kappa shape index (κ3) is 5.03. The maximum Gasteiger partial charge on any atom is 0.258 e. The lowest BCUT2D eigenvalue weighted by atomic mass is 10.0. The van der Waals surface area contributed by atoms with Crippen molar-refractivity contribution in [2.24, 2.45) is 7.05 Å². The fraction of sp³-hybridized carbons (Fsp3) is 0.261. The van der Waals surface area contributed by atoms with Crippen molar-refractivity contribution in [1.29, 1.82) is 0 Å². The first-order valence-corrected chi connectivity index (χ1v) is 9.65. The largest absolute Gasteiger partial charge is 0.496 e. The van der Waals surface area contributed by atoms with Gasteiger partial charge in [0.1, 0.15) is 17.6 Å². The molecule has 162 valence electrons. The summed E-state index contributed by atoms with van der Waals surface area (Å²) in [5.41, 5.74) is 1.27. The molecule has 0 spiro atoms. The predicted molar refractivity (Wildman–Crippen MR) is 115 cm³/mol. The van der Waals surface area contributed by atoms with Crippen molar-refractivity contribution < 1.29 is 23.8 Å². The summed E-state index contributed by atoms with van der Waals surface area (Å²) in [6, 6.07) is 11.7. The van der Waals surface area contributed by atoms with Crippen LogP contribution in [0.5, 0.6) is 17.2 Å². The van der Waals surface area contributed by atoms with E-state index in [1.807, 2.05) is 42.1 Å². The van der Waals surface area contributed by atoms with Crippen LogP contribution in [0.15, 0.2) is 54.9 Å². The number of hydrogen-bond donors (Lipinski definition) is 1. The average molecular weight is 423 g/mol. The Morgan fingerprint density at radius 3 is 2.45 bits per heavy atom. The molecule has 3 aromatic rings. The number of nitrogens with one attached hydrogen (secondary N) is 1. The standard InChI is InChI=1S/C23H25N3O5/c1-15(27)16-9-10-19(20(13-16)30-4)31-14-21(28)25-22(23-24-11-12-26(23)2)17-7-5-6-8-18(17)29-3/h5-13,22H,14H2,1-4H3,(H,25,28). The van der Waals surface area contributed by atoms with Crippen LogP contribution in [0, 0.1) is 0 Å². The van der Waals surface area contributed by atoms with Gasteiger partial charge in [-0.3, -0.25) is 9.59 Å². The second kappa shape index (κ2) is 9.80. The highest BCUT2D eigenvalue weighted by Gasteiger charge is 2.24. The maximum atomic E-state index is 12.8. The third-order valence-corrected chi connectivity index (χ3v) is 4.80. The van der Waals surface area contributed by atoms with E-state index in [9.17, 15) is 9.59 Å². The molecule has 0 saturated heterocycles. The van der Waals surface area contributed by atoms with Gasteiger partial charge in [-0.15, -0.1) is 0 Å². The number of benzene rings is 2. The van der Waals surface area contributed by atoms with Gasteiger partial charge in [-0.2, -0.15) is 0 Å². The lowest BCUT2D eigenvalue weighted by molar-refractivity contribution is -0.123. The minimum absolute atomic E-state index is 0.0858. The number of aromatic nitrogens is 2. The van der Waals surface area contributed by atoms with Crippen molar-refractivity contribution in [2.45, 2.75) is 13.0 Å². The van der Waals surface area contributed by atoms with Crippen LogP contribution in [0.3, 0.4) is 0 Å². The number of ether oxygens (including phenoxy) is 3. The summed E-state index contributed by atoms with van der Waals surface area (Å²) < 4.78 is 18.3. The second-order valence-electron chi connectivity index (χ2n) is 6.85. The molecule has 1 aromatic heterocycles. The van der Waals surface area contributed by atoms with Gasteiger partial charge < -0.3 is 24.1 Å². The van der Waals surface area contributed by atoms with Crippen molar-refractivity contribution in [3.05, 3.63) is 71.8 Å². The van der Waals surface area contributed by atoms with Gasteiger partial charge in [0, 0.05) is 30.6 Å². The third-order valence-electron chi connectivity index (χ3n) is 4.80. The zero-order valence-corrected chi connectivity index (χ0v) is 17.9. The van der Waals surface area contributed by atoms with Crippen LogP contribution < -0.4 is 19.5 Å². The van der Waals surface area contributed by atoms with Gasteiger partial charge in [-0.05, 0) is 31.2 Å². The van der Waals surface area contributed by atoms with Crippen molar-refractivity contribution in [2.75, 3.05) is 20.8 Å². The minimum Gasteiger partial charge on any atom is -0.496 e. The molecule has 31 heavy (non-hydrogen) atoms. The molecule has 0 bridgehead atoms. The molecule has 0 fully saturated rings. The molecule has 1 N–H and O–H groups in total. The van der Waals surface area contributed by atoms with Crippen LogP contribution in [0.2, 0.25) is 0 Å². The van der Waals surface area contributed by atoms with Crippen LogP contribution in [-0.2, 0) is 11.8 Å². The number of nitrogens with zero attached hydrogens (tertiary/aromatic N) is 2. The number of carbonyl (C=O) groups excluding carboxylic acids is 2. The molecule has 8 nitrogen and oxygen atoms in total. The summed E-state index contributed by atoms with van der Waals surface area (Å²) in [7, 11) is 4.91. The number of rotatable bonds is 9. The van der Waals surface area contributed by atoms with E-state index in [-0.39, 0.29) is 18.3 Å². The summed E-state index contributed by atoms with van der Waals surface area (Å²) in [6.45, 7) is 1.23. The van der Waals surface area contributed by atoms with Crippen molar-refractivity contribution in [3.8, 4) is 17.2 Å². The number of amides is 1. The zero-order chi connectivity index (χ0) is 22.4. The molecule has 1 atom stereocenters. The Bertz CT molecular complexity index is 1080. The van der Waals surface area contributed by atoms with Gasteiger partial charge in [0.25, 0.3) is 5.91 Å². The number of carbonyl (C=O) groups is 2. The van der Waals surface area contributed by atoms with Crippen molar-refractivity contribution in [1.82, 2.24) is 14.9 Å². The Kier molecular flexibility index (Phi) is 6.92. The molecule has 0 aliphatic carbocycles. The fourth-order valence-corrected chi connectivity index (χ4v) is 3.19. The first-order valence-electron chi connectivity index (χ1n) is 9.65. The Labute approximate surface area is 180 Å². The maximum absolute atomic E-state index is 12.8. The summed E-state index contributed by atoms with van der Waals surface area (Å²) in [5.74, 6) is 1.60. The van der Waals surface area contributed by atoms with E-state index in [1.54, 1.807) is 31.5 Å². The highest BCUT2D eigenvalue weighted by molar-refractivity contribution is 5.94. The smallest absolute Gasteiger partial charge is 0.258 e. The summed E-state index contributed by atoms with van der Waals surface area (Å²) >= 11 is 0. The van der Waals surface area contributed by atoms with Gasteiger partial charge in [-0.25, -0.2) is 4.98 Å². The molecule has 3 rings (SSSR count). The van der Waals surface area contributed by atoms with Crippen LogP contribution in [0.1, 0.15) is 34.7 Å². The monoisotopic (exact) mass is 423 g/mol. The van der Waals surface area contributed by atoms with E-state index < -0.39 is 6.04 Å². The lowest BCUT2D eigenvalue weighted by Gasteiger charge is -2.21. The number of Topliss-reactive ketones (excluding diaryl/α,β-unsaturated/α-hetero) is 1. The van der Waals surface area contributed by atoms with Gasteiger partial charge in [0.05, 0.1) is 14.2 Å². The van der Waals surface area contributed by atoms with Gasteiger partial charge in [0.2, 0.25) is 0 Å². The molecule has 1 amide bonds. The van der Waals surface area contributed by atoms with E-state index in [0.717, 1.165) is 5.56 Å². The van der Waals surface area contributed by atoms with E-state index >= 15 is 0 Å². The minimum atomic E-state index is -0.533. The lowest BCUT2D eigenvalue weighted by Crippen LogP contribution is -2.34. The molecular weight excluding hydrogens is 398 g/mol. The van der Waals surface area contributed by atoms with Crippen molar-refractivity contribution >= 4 is 11.7 Å². The molecule has 2 aromatic carbocycles. The first kappa shape index (κ1) is 21.9. The molecule has 0 aliphatic heterocycles. The van der Waals surface area contributed by atoms with Crippen LogP contribution in [0.4, 0.5) is 0 Å². The Balaban J connectivity index is 1.79. The fourth-order valence-electron chi connectivity index (χ4n) is 3.19. The number of hydrogen-bond acceptors (Lipinski definition) is 6. The van der Waals surface area contributed by atoms with Crippen LogP contribution >= 0.6 is 0 Å². The summed E-state index contributed by atoms with van der Waals surface area (Å²) in [4.78, 5) is 28.7. The number of para-hydroxylation sites is 1. The topological polar surface area (TPSA) is 91.7 Å². The van der Waals surface area contributed by atoms with Crippen LogP contribution in [-0.4, -0.2) is 42.1 Å². The Morgan fingerprint density at radius 1 is 1.06 bits per heavy atom. The van der Waals surface area contributed by atoms with Crippen LogP contribution in [0.25, 0.3) is 0 Å². The molecule has 0 aliphatic rings. The molecule has 0 saturated carbocycles. The van der Waals surface area contributed by atoms with Crippen molar-refractivity contribution in [3.63, 3.8) is 0 Å². The van der Waals surface area contributed by atoms with E-state index in [1.165, 1.54) is 14.0 Å². The molecular formula is C23H25N3O5. The zero-order valence-electron chi connectivity index (χ0n) is 17.9.